The van der Waals surface area contributed by atoms with E-state index >= 15 is 0 Å². The van der Waals surface area contributed by atoms with Crippen molar-refractivity contribution in [2.75, 3.05) is 32.9 Å². The third-order valence-corrected chi connectivity index (χ3v) is 12.0. The predicted octanol–water partition coefficient (Wildman–Crippen LogP) is -15.9. The van der Waals surface area contributed by atoms with E-state index in [1.54, 1.807) is 6.20 Å². The smallest absolute Gasteiger partial charge is 0.726 e. The monoisotopic (exact) mass is 1110 g/mol. The van der Waals surface area contributed by atoms with E-state index in [0.717, 1.165) is 0 Å². The Balaban J connectivity index is 0.00000564. The zero-order valence-electron chi connectivity index (χ0n) is 43.8. The number of aromatic nitrogens is 3. The van der Waals surface area contributed by atoms with Crippen LogP contribution < -0.4 is 128 Å². The van der Waals surface area contributed by atoms with Crippen LogP contribution in [0.15, 0.2) is 6.20 Å². The first-order valence-electron chi connectivity index (χ1n) is 22.6. The number of carbonyl (C=O) groups excluding carboxylic acids is 5. The van der Waals surface area contributed by atoms with Gasteiger partial charge in [0.2, 0.25) is 28.1 Å². The molecule has 0 bridgehead atoms. The largest absolute Gasteiger partial charge is 1.00 e. The summed E-state index contributed by atoms with van der Waals surface area (Å²) in [4.78, 5) is 66.3. The predicted molar refractivity (Wildman–Crippen MR) is 229 cm³/mol. The minimum atomic E-state index is -4.92. The number of hydrogen-bond donors (Lipinski definition) is 5. The topological polar surface area (TPSA) is 406 Å². The molecule has 4 saturated heterocycles. The molecule has 400 valence electrons. The summed E-state index contributed by atoms with van der Waals surface area (Å²) in [5.41, 5.74) is 7.77. The zero-order valence-corrected chi connectivity index (χ0v) is 52.6. The van der Waals surface area contributed by atoms with Gasteiger partial charge in [-0.05, 0) is 42.6 Å². The number of nitrogens with one attached hydrogen (secondary N) is 1. The van der Waals surface area contributed by atoms with Gasteiger partial charge in [-0.2, -0.15) is 0 Å². The molecule has 1 aromatic heterocycles. The van der Waals surface area contributed by atoms with Gasteiger partial charge in [0.25, 0.3) is 0 Å². The van der Waals surface area contributed by atoms with Gasteiger partial charge in [0.1, 0.15) is 36.4 Å². The Morgan fingerprint density at radius 1 is 0.811 bits per heavy atom. The fourth-order valence-corrected chi connectivity index (χ4v) is 8.57. The molecule has 5 heterocycles. The van der Waals surface area contributed by atoms with Gasteiger partial charge in [-0.15, -0.1) is 5.10 Å². The quantitative estimate of drug-likeness (QED) is 0.0191. The molecule has 32 heteroatoms. The number of aliphatic hydroxyl groups is 4. The van der Waals surface area contributed by atoms with E-state index in [4.69, 9.17) is 51.7 Å². The first-order valence-corrected chi connectivity index (χ1v) is 24.0. The maximum Gasteiger partial charge on any atom is 1.00 e. The van der Waals surface area contributed by atoms with Crippen LogP contribution in [0.25, 0.3) is 5.73 Å². The van der Waals surface area contributed by atoms with E-state index in [0.29, 0.717) is 25.0 Å². The van der Waals surface area contributed by atoms with Crippen molar-refractivity contribution >= 4 is 40.1 Å². The summed E-state index contributed by atoms with van der Waals surface area (Å²) in [5, 5.41) is 72.6. The van der Waals surface area contributed by atoms with Crippen LogP contribution in [0.2, 0.25) is 0 Å². The second-order valence-corrected chi connectivity index (χ2v) is 20.5. The Bertz CT molecular complexity index is 2020. The fourth-order valence-electron chi connectivity index (χ4n) is 8.57. The van der Waals surface area contributed by atoms with E-state index in [9.17, 15) is 54.6 Å². The van der Waals surface area contributed by atoms with Gasteiger partial charge < -0.3 is 90.8 Å². The number of aliphatic carboxylic acids is 2. The number of carboxylic acids is 2. The maximum atomic E-state index is 13.7. The molecule has 27 nitrogen and oxygen atoms in total. The molecule has 0 spiro atoms. The Kier molecular flexibility index (Phi) is 32.6. The number of hydrogen-bond acceptors (Lipinski definition) is 22. The molecule has 6 N–H and O–H groups in total. The standard InChI is InChI=1S/C42H66N6O17.4Na.H2O4S/c1-21-28(52)29(53)27(43)39(62-21)63-32-30(54)31(55)40(64-33(32)38(58)59)61-18-17-60-16-15-47-20-22(44-45-47)19-46(23(49)11-12-24(50)51)13-9-8-10-14-48-36(56)25-26(37(48)57)35(42(5,6)7)65-34(25)41(2,3)4;;;;;1-5(2,3)4/h20-21,25-35,39-40,43,52-55H,1,8-19H2,2-7H3,(H,50,51)(H,58,59);;;;;(H2,1,2,3,4)/q-2;4*+1;/p-3/t21?,25-,26+,27?,28-,29-,30-,31?,32+,33?,34+,35-,39-,40-;;;;;/m1...../s1. The van der Waals surface area contributed by atoms with Crippen LogP contribution in [0.1, 0.15) is 79.3 Å². The van der Waals surface area contributed by atoms with Crippen LogP contribution in [0.5, 0.6) is 0 Å². The molecule has 3 amide bonds. The summed E-state index contributed by atoms with van der Waals surface area (Å²) in [7, 11) is -4.92. The van der Waals surface area contributed by atoms with Gasteiger partial charge in [-0.25, -0.2) is 13.1 Å². The Morgan fingerprint density at radius 2 is 1.38 bits per heavy atom. The third-order valence-electron chi connectivity index (χ3n) is 12.0. The van der Waals surface area contributed by atoms with Crippen molar-refractivity contribution in [3.05, 3.63) is 24.5 Å². The van der Waals surface area contributed by atoms with E-state index in [-0.39, 0.29) is 193 Å². The number of carboxylic acid groups (broad SMARTS) is 2. The van der Waals surface area contributed by atoms with Crippen molar-refractivity contribution in [2.24, 2.45) is 22.7 Å². The Labute approximate surface area is 518 Å². The molecule has 4 aliphatic rings. The maximum absolute atomic E-state index is 13.7. The number of imide groups is 1. The summed E-state index contributed by atoms with van der Waals surface area (Å²) < 4.78 is 67.7. The molecular weight excluding hydrogens is 1050 g/mol. The van der Waals surface area contributed by atoms with Crippen molar-refractivity contribution in [1.82, 2.24) is 24.8 Å². The van der Waals surface area contributed by atoms with Crippen molar-refractivity contribution < 1.29 is 219 Å². The van der Waals surface area contributed by atoms with Gasteiger partial charge in [-0.3, -0.25) is 23.8 Å². The van der Waals surface area contributed by atoms with Crippen LogP contribution in [0.3, 0.4) is 0 Å². The first kappa shape index (κ1) is 74.1. The van der Waals surface area contributed by atoms with Crippen LogP contribution in [-0.2, 0) is 75.9 Å². The number of aliphatic hydroxyl groups excluding tert-OH is 4. The second-order valence-electron chi connectivity index (χ2n) is 19.6. The summed E-state index contributed by atoms with van der Waals surface area (Å²) in [6.07, 6.45) is -13.7. The van der Waals surface area contributed by atoms with Gasteiger partial charge in [0, 0.05) is 25.5 Å². The van der Waals surface area contributed by atoms with E-state index < -0.39 is 120 Å². The van der Waals surface area contributed by atoms with Crippen LogP contribution in [0.4, 0.5) is 0 Å². The molecular formula is C42H65N6Na4O21S-. The average molecular weight is 1110 g/mol. The summed E-state index contributed by atoms with van der Waals surface area (Å²) in [6.45, 7) is 16.0. The molecule has 4 fully saturated rings. The molecule has 14 atom stereocenters. The van der Waals surface area contributed by atoms with Gasteiger partial charge in [0.05, 0.1) is 81.3 Å². The first-order chi connectivity index (χ1) is 32.4. The normalized spacial score (nSPS) is 29.8. The van der Waals surface area contributed by atoms with E-state index in [1.807, 2.05) is 41.5 Å². The molecule has 4 unspecified atom stereocenters. The van der Waals surface area contributed by atoms with E-state index in [2.05, 4.69) is 17.2 Å². The number of likely N-dealkylation sites (tertiary alicyclic amines) is 1. The number of unbranched alkanes of at least 4 members (excludes halogenated alkanes) is 2. The van der Waals surface area contributed by atoms with Gasteiger partial charge in [-0.1, -0.05) is 52.8 Å². The van der Waals surface area contributed by atoms with Crippen molar-refractivity contribution in [2.45, 2.75) is 160 Å². The molecule has 1 aromatic rings. The third kappa shape index (κ3) is 21.2. The molecule has 0 aliphatic carbocycles. The molecule has 0 saturated carbocycles. The SMILES string of the molecule is O=S(=O)([O-])O.[CH2-]C1O[C@H](O[C@@H]2C(C(=O)[O-])O[C@@H](OCCOCCn3cc(CN(CCCCCN4C(=O)[C@@H]5[C@H](C4=O)[C@H](C(C)(C)C)O[C@@H]5C(C)(C)C)C(=O)CCC(=O)[O-])nn3)C(O)[C@H]2O)C([NH-])[C@@H](O)[C@@H]1O.[Na+].[Na+].[Na+].[Na+]. The fraction of sp³-hybridized carbons (Fsp3) is 0.810. The minimum Gasteiger partial charge on any atom is -0.726 e. The van der Waals surface area contributed by atoms with Crippen LogP contribution >= 0.6 is 0 Å². The second kappa shape index (κ2) is 32.5. The summed E-state index contributed by atoms with van der Waals surface area (Å²) in [5.74, 6) is -5.14. The summed E-state index contributed by atoms with van der Waals surface area (Å²) >= 11 is 0. The molecule has 0 aromatic carbocycles. The number of rotatable bonds is 21. The van der Waals surface area contributed by atoms with Crippen LogP contribution in [0, 0.1) is 29.6 Å². The van der Waals surface area contributed by atoms with Crippen molar-refractivity contribution in [3.8, 4) is 0 Å². The van der Waals surface area contributed by atoms with E-state index in [1.165, 1.54) is 14.5 Å². The number of amides is 3. The van der Waals surface area contributed by atoms with Crippen LogP contribution in [-0.4, -0.2) is 199 Å². The molecule has 5 rings (SSSR count). The molecule has 4 aliphatic heterocycles. The number of carbonyl (C=O) groups is 5. The average Bonchev–Trinajstić information content (AvgIpc) is 3.95. The van der Waals surface area contributed by atoms with Crippen molar-refractivity contribution in [1.29, 1.82) is 0 Å². The van der Waals surface area contributed by atoms with Gasteiger partial charge >= 0.3 is 118 Å². The Morgan fingerprint density at radius 3 is 1.91 bits per heavy atom. The number of ether oxygens (including phenoxy) is 6. The Hall–Kier alpha value is 0.120. The number of nitrogens with zero attached hydrogens (tertiary/aromatic N) is 5. The zero-order chi connectivity index (χ0) is 52.6. The number of fused-ring (bicyclic) bond motifs is 1. The van der Waals surface area contributed by atoms with Crippen molar-refractivity contribution in [3.63, 3.8) is 0 Å². The molecule has 74 heavy (non-hydrogen) atoms. The minimum absolute atomic E-state index is 0. The molecule has 0 radical (unpaired) electrons. The summed E-state index contributed by atoms with van der Waals surface area (Å²) in [6, 6.07) is -1.62. The van der Waals surface area contributed by atoms with Gasteiger partial charge in [0.15, 0.2) is 6.29 Å².